The molecule has 5 nitrogen and oxygen atoms in total. The quantitative estimate of drug-likeness (QED) is 0.784. The number of rotatable bonds is 3. The van der Waals surface area contributed by atoms with Crippen LogP contribution >= 0.6 is 12.2 Å². The lowest BCUT2D eigenvalue weighted by Crippen LogP contribution is -2.31. The third-order valence-electron chi connectivity index (χ3n) is 3.22. The van der Waals surface area contributed by atoms with Gasteiger partial charge in [0.2, 0.25) is 0 Å². The molecule has 2 heterocycles. The van der Waals surface area contributed by atoms with Crippen LogP contribution in [0.15, 0.2) is 0 Å². The molecular formula is C10H17N3O2S. The fraction of sp³-hybridized carbons (Fsp3) is 0.800. The van der Waals surface area contributed by atoms with Crippen LogP contribution in [0.2, 0.25) is 0 Å². The highest BCUT2D eigenvalue weighted by atomic mass is 32.1. The van der Waals surface area contributed by atoms with Crippen molar-refractivity contribution >= 4 is 12.2 Å². The molecule has 1 aromatic heterocycles. The number of nitrogens with zero attached hydrogens (tertiary/aromatic N) is 2. The van der Waals surface area contributed by atoms with Gasteiger partial charge in [0.25, 0.3) is 0 Å². The second kappa shape index (κ2) is 4.65. The first-order valence-corrected chi connectivity index (χ1v) is 5.88. The minimum Gasteiger partial charge on any atom is -0.388 e. The maximum Gasteiger partial charge on any atom is 0.195 e. The van der Waals surface area contributed by atoms with Gasteiger partial charge >= 0.3 is 0 Å². The van der Waals surface area contributed by atoms with Gasteiger partial charge in [-0.15, -0.1) is 0 Å². The first-order valence-electron chi connectivity index (χ1n) is 5.47. The van der Waals surface area contributed by atoms with Crippen LogP contribution in [0.4, 0.5) is 0 Å². The Labute approximate surface area is 99.4 Å². The summed E-state index contributed by atoms with van der Waals surface area (Å²) >= 11 is 5.16. The zero-order valence-electron chi connectivity index (χ0n) is 9.40. The van der Waals surface area contributed by atoms with Gasteiger partial charge in [-0.25, -0.2) is 0 Å². The van der Waals surface area contributed by atoms with E-state index in [2.05, 4.69) is 17.1 Å². The van der Waals surface area contributed by atoms with E-state index in [9.17, 15) is 5.11 Å². The predicted molar refractivity (Wildman–Crippen MR) is 61.5 cm³/mol. The van der Waals surface area contributed by atoms with Crippen LogP contribution in [0.25, 0.3) is 0 Å². The zero-order valence-corrected chi connectivity index (χ0v) is 10.2. The fourth-order valence-electron chi connectivity index (χ4n) is 2.04. The summed E-state index contributed by atoms with van der Waals surface area (Å²) < 4.78 is 7.83. The number of hydrogen-bond donors (Lipinski definition) is 2. The van der Waals surface area contributed by atoms with Gasteiger partial charge in [0.05, 0.1) is 0 Å². The molecule has 0 unspecified atom stereocenters. The molecule has 2 rings (SSSR count). The number of ether oxygens (including phenoxy) is 1. The summed E-state index contributed by atoms with van der Waals surface area (Å²) in [6.07, 6.45) is 2.04. The van der Waals surface area contributed by atoms with Crippen LogP contribution in [0.5, 0.6) is 0 Å². The number of aliphatic hydroxyl groups is 1. The van der Waals surface area contributed by atoms with Crippen molar-refractivity contribution < 1.29 is 9.84 Å². The van der Waals surface area contributed by atoms with Crippen molar-refractivity contribution in [3.05, 3.63) is 10.6 Å². The summed E-state index contributed by atoms with van der Waals surface area (Å²) in [7, 11) is 0. The lowest BCUT2D eigenvalue weighted by atomic mass is 9.82. The zero-order chi connectivity index (χ0) is 11.6. The van der Waals surface area contributed by atoms with Gasteiger partial charge in [-0.1, -0.05) is 6.92 Å². The summed E-state index contributed by atoms with van der Waals surface area (Å²) in [6.45, 7) is 4.54. The van der Waals surface area contributed by atoms with Crippen molar-refractivity contribution in [2.75, 3.05) is 13.2 Å². The monoisotopic (exact) mass is 243 g/mol. The highest BCUT2D eigenvalue weighted by Crippen LogP contribution is 2.31. The number of H-pyrrole nitrogens is 1. The van der Waals surface area contributed by atoms with Gasteiger partial charge in [0.1, 0.15) is 6.61 Å². The van der Waals surface area contributed by atoms with Crippen LogP contribution < -0.4 is 0 Å². The summed E-state index contributed by atoms with van der Waals surface area (Å²) in [5.74, 6) is 0.609. The molecule has 6 heteroatoms. The Hall–Kier alpha value is -0.720. The topological polar surface area (TPSA) is 63.1 Å². The van der Waals surface area contributed by atoms with Crippen LogP contribution in [-0.2, 0) is 17.9 Å². The van der Waals surface area contributed by atoms with E-state index in [1.807, 2.05) is 4.57 Å². The number of nitrogens with one attached hydrogen (secondary N) is 1. The third-order valence-corrected chi connectivity index (χ3v) is 3.53. The molecule has 16 heavy (non-hydrogen) atoms. The first kappa shape index (κ1) is 11.8. The van der Waals surface area contributed by atoms with Crippen LogP contribution in [0, 0.1) is 10.2 Å². The molecule has 1 aromatic rings. The van der Waals surface area contributed by atoms with E-state index in [-0.39, 0.29) is 12.0 Å². The van der Waals surface area contributed by atoms with Gasteiger partial charge < -0.3 is 14.4 Å². The summed E-state index contributed by atoms with van der Waals surface area (Å²) in [5, 5.41) is 15.9. The highest BCUT2D eigenvalue weighted by molar-refractivity contribution is 7.71. The molecule has 1 aliphatic rings. The molecule has 0 spiro atoms. The van der Waals surface area contributed by atoms with Crippen LogP contribution in [-0.4, -0.2) is 33.1 Å². The van der Waals surface area contributed by atoms with E-state index in [4.69, 9.17) is 17.0 Å². The van der Waals surface area contributed by atoms with Gasteiger partial charge in [-0.05, 0) is 30.5 Å². The normalized spacial score (nSPS) is 19.9. The standard InChI is InChI=1S/C10H17N3O2S/c1-10(2-4-15-5-3-10)7-13-8(6-14)11-12-9(13)16/h14H,2-7H2,1H3,(H,12,16). The predicted octanol–water partition coefficient (Wildman–Crippen LogP) is 1.25. The molecule has 0 amide bonds. The van der Waals surface area contributed by atoms with Crippen molar-refractivity contribution in [2.24, 2.45) is 5.41 Å². The molecule has 0 aliphatic carbocycles. The van der Waals surface area contributed by atoms with Gasteiger partial charge in [0, 0.05) is 19.8 Å². The Bertz CT molecular complexity index is 406. The molecule has 1 aliphatic heterocycles. The molecule has 0 saturated carbocycles. The summed E-state index contributed by atoms with van der Waals surface area (Å²) in [6, 6.07) is 0. The van der Waals surface area contributed by atoms with E-state index >= 15 is 0 Å². The second-order valence-corrected chi connectivity index (χ2v) is 5.00. The minimum atomic E-state index is -0.0836. The largest absolute Gasteiger partial charge is 0.388 e. The van der Waals surface area contributed by atoms with Crippen molar-refractivity contribution in [1.29, 1.82) is 0 Å². The number of hydrogen-bond acceptors (Lipinski definition) is 4. The Kier molecular flexibility index (Phi) is 3.41. The van der Waals surface area contributed by atoms with Crippen molar-refractivity contribution in [1.82, 2.24) is 14.8 Å². The van der Waals surface area contributed by atoms with Crippen molar-refractivity contribution in [2.45, 2.75) is 32.9 Å². The molecule has 0 bridgehead atoms. The summed E-state index contributed by atoms with van der Waals surface area (Å²) in [5.41, 5.74) is 0.185. The van der Waals surface area contributed by atoms with Crippen LogP contribution in [0.3, 0.4) is 0 Å². The van der Waals surface area contributed by atoms with E-state index < -0.39 is 0 Å². The molecule has 0 aromatic carbocycles. The minimum absolute atomic E-state index is 0.0836. The maximum absolute atomic E-state index is 9.17. The molecule has 1 fully saturated rings. The molecule has 90 valence electrons. The van der Waals surface area contributed by atoms with Crippen molar-refractivity contribution in [3.63, 3.8) is 0 Å². The SMILES string of the molecule is CC1(Cn2c(CO)n[nH]c2=S)CCOCC1. The maximum atomic E-state index is 9.17. The third kappa shape index (κ3) is 2.34. The second-order valence-electron chi connectivity index (χ2n) is 4.61. The average Bonchev–Trinajstić information content (AvgIpc) is 2.61. The highest BCUT2D eigenvalue weighted by Gasteiger charge is 2.28. The van der Waals surface area contributed by atoms with Gasteiger partial charge in [-0.2, -0.15) is 5.10 Å². The number of aromatic amines is 1. The van der Waals surface area contributed by atoms with Crippen LogP contribution in [0.1, 0.15) is 25.6 Å². The smallest absolute Gasteiger partial charge is 0.195 e. The van der Waals surface area contributed by atoms with E-state index in [0.717, 1.165) is 32.6 Å². The first-order chi connectivity index (χ1) is 7.64. The fourth-order valence-corrected chi connectivity index (χ4v) is 2.25. The lowest BCUT2D eigenvalue weighted by molar-refractivity contribution is 0.0145. The number of aromatic nitrogens is 3. The van der Waals surface area contributed by atoms with Gasteiger partial charge in [0.15, 0.2) is 10.6 Å². The molecule has 0 atom stereocenters. The Balaban J connectivity index is 2.18. The molecule has 1 saturated heterocycles. The van der Waals surface area contributed by atoms with E-state index in [1.54, 1.807) is 0 Å². The van der Waals surface area contributed by atoms with Crippen molar-refractivity contribution in [3.8, 4) is 0 Å². The number of aliphatic hydroxyl groups excluding tert-OH is 1. The van der Waals surface area contributed by atoms with E-state index in [0.29, 0.717) is 10.6 Å². The lowest BCUT2D eigenvalue weighted by Gasteiger charge is -2.33. The Morgan fingerprint density at radius 2 is 2.25 bits per heavy atom. The Morgan fingerprint density at radius 1 is 1.56 bits per heavy atom. The summed E-state index contributed by atoms with van der Waals surface area (Å²) in [4.78, 5) is 0. The molecule has 0 radical (unpaired) electrons. The van der Waals surface area contributed by atoms with E-state index in [1.165, 1.54) is 0 Å². The molecular weight excluding hydrogens is 226 g/mol. The Morgan fingerprint density at radius 3 is 2.88 bits per heavy atom. The average molecular weight is 243 g/mol. The van der Waals surface area contributed by atoms with Gasteiger partial charge in [-0.3, -0.25) is 5.10 Å². The molecule has 2 N–H and O–H groups in total.